The van der Waals surface area contributed by atoms with Crippen LogP contribution in [0.25, 0.3) is 0 Å². The molecule has 2 heteroatoms. The van der Waals surface area contributed by atoms with Crippen molar-refractivity contribution in [1.29, 1.82) is 0 Å². The van der Waals surface area contributed by atoms with E-state index in [-0.39, 0.29) is 5.60 Å². The second kappa shape index (κ2) is 5.73. The van der Waals surface area contributed by atoms with Crippen LogP contribution in [0.4, 0.5) is 0 Å². The van der Waals surface area contributed by atoms with Gasteiger partial charge in [0.1, 0.15) is 0 Å². The summed E-state index contributed by atoms with van der Waals surface area (Å²) in [6.07, 6.45) is 8.42. The molecule has 0 atom stereocenters. The van der Waals surface area contributed by atoms with Crippen molar-refractivity contribution >= 4 is 0 Å². The number of hydrogen-bond acceptors (Lipinski definition) is 2. The summed E-state index contributed by atoms with van der Waals surface area (Å²) in [5.74, 6) is 0. The number of aryl methyl sites for hydroxylation is 2. The van der Waals surface area contributed by atoms with Gasteiger partial charge in [0, 0.05) is 6.54 Å². The van der Waals surface area contributed by atoms with E-state index in [1.165, 1.54) is 48.8 Å². The Hall–Kier alpha value is -0.860. The minimum absolute atomic E-state index is 0.0888. The van der Waals surface area contributed by atoms with Crippen LogP contribution in [0.1, 0.15) is 62.6 Å². The highest BCUT2D eigenvalue weighted by molar-refractivity contribution is 5.35. The maximum Gasteiger partial charge on any atom is 0.0809 e. The van der Waals surface area contributed by atoms with Crippen molar-refractivity contribution in [3.8, 4) is 0 Å². The van der Waals surface area contributed by atoms with E-state index in [2.05, 4.69) is 32.0 Å². The van der Waals surface area contributed by atoms with E-state index >= 15 is 0 Å². The molecule has 2 aliphatic rings. The van der Waals surface area contributed by atoms with Crippen LogP contribution >= 0.6 is 0 Å². The number of fused-ring (bicyclic) bond motifs is 1. The first-order valence-electron chi connectivity index (χ1n) is 8.47. The third kappa shape index (κ3) is 3.32. The zero-order valence-electron chi connectivity index (χ0n) is 13.6. The van der Waals surface area contributed by atoms with Gasteiger partial charge in [-0.05, 0) is 67.1 Å². The van der Waals surface area contributed by atoms with Crippen LogP contribution in [0.3, 0.4) is 0 Å². The molecule has 2 N–H and O–H groups in total. The van der Waals surface area contributed by atoms with E-state index in [0.29, 0.717) is 18.6 Å². The van der Waals surface area contributed by atoms with Crippen molar-refractivity contribution in [2.75, 3.05) is 6.54 Å². The highest BCUT2D eigenvalue weighted by Crippen LogP contribution is 2.42. The average molecular weight is 287 g/mol. The Labute approximate surface area is 129 Å². The van der Waals surface area contributed by atoms with Crippen molar-refractivity contribution in [2.45, 2.75) is 71.0 Å². The molecule has 0 unspecified atom stereocenters. The van der Waals surface area contributed by atoms with Crippen LogP contribution in [0.5, 0.6) is 0 Å². The molecule has 2 aliphatic carbocycles. The van der Waals surface area contributed by atoms with E-state index in [9.17, 15) is 0 Å². The van der Waals surface area contributed by atoms with Gasteiger partial charge < -0.3 is 10.5 Å². The smallest absolute Gasteiger partial charge is 0.0809 e. The van der Waals surface area contributed by atoms with E-state index in [4.69, 9.17) is 10.5 Å². The van der Waals surface area contributed by atoms with E-state index in [1.807, 2.05) is 0 Å². The summed E-state index contributed by atoms with van der Waals surface area (Å²) in [6.45, 7) is 6.07. The summed E-state index contributed by atoms with van der Waals surface area (Å²) in [6, 6.07) is 6.88. The standard InChI is InChI=1S/C19H29NO/c1-18(2)8-10-19(14-20,11-9-18)21-13-15-6-7-16-4-3-5-17(16)12-15/h6-7,12H,3-5,8-11,13-14,20H2,1-2H3. The molecule has 1 aromatic rings. The first-order chi connectivity index (χ1) is 10.0. The molecule has 2 nitrogen and oxygen atoms in total. The lowest BCUT2D eigenvalue weighted by molar-refractivity contribution is -0.0904. The Morgan fingerprint density at radius 3 is 2.48 bits per heavy atom. The molecule has 1 aromatic carbocycles. The molecule has 0 radical (unpaired) electrons. The van der Waals surface area contributed by atoms with Crippen molar-refractivity contribution in [2.24, 2.45) is 11.1 Å². The highest BCUT2D eigenvalue weighted by atomic mass is 16.5. The molecule has 3 rings (SSSR count). The minimum atomic E-state index is -0.0888. The molecule has 0 heterocycles. The topological polar surface area (TPSA) is 35.2 Å². The molecule has 0 amide bonds. The number of ether oxygens (including phenoxy) is 1. The van der Waals surface area contributed by atoms with Gasteiger partial charge >= 0.3 is 0 Å². The summed E-state index contributed by atoms with van der Waals surface area (Å²) in [5.41, 5.74) is 10.8. The Kier molecular flexibility index (Phi) is 4.11. The first-order valence-corrected chi connectivity index (χ1v) is 8.47. The summed E-state index contributed by atoms with van der Waals surface area (Å²) < 4.78 is 6.33. The number of hydrogen-bond donors (Lipinski definition) is 1. The maximum absolute atomic E-state index is 6.33. The number of benzene rings is 1. The van der Waals surface area contributed by atoms with Gasteiger partial charge in [0.15, 0.2) is 0 Å². The molecular formula is C19H29NO. The monoisotopic (exact) mass is 287 g/mol. The minimum Gasteiger partial charge on any atom is -0.369 e. The van der Waals surface area contributed by atoms with Gasteiger partial charge in [0.25, 0.3) is 0 Å². The van der Waals surface area contributed by atoms with Gasteiger partial charge in [0.2, 0.25) is 0 Å². The summed E-state index contributed by atoms with van der Waals surface area (Å²) in [7, 11) is 0. The molecule has 1 fully saturated rings. The van der Waals surface area contributed by atoms with Gasteiger partial charge in [0.05, 0.1) is 12.2 Å². The molecule has 0 saturated heterocycles. The van der Waals surface area contributed by atoms with Crippen molar-refractivity contribution < 1.29 is 4.74 Å². The fraction of sp³-hybridized carbons (Fsp3) is 0.684. The SMILES string of the molecule is CC1(C)CCC(CN)(OCc2ccc3c(c2)CCC3)CC1. The zero-order valence-corrected chi connectivity index (χ0v) is 13.6. The summed E-state index contributed by atoms with van der Waals surface area (Å²) in [5, 5.41) is 0. The molecule has 116 valence electrons. The molecule has 1 saturated carbocycles. The number of nitrogens with two attached hydrogens (primary N) is 1. The van der Waals surface area contributed by atoms with E-state index in [1.54, 1.807) is 0 Å². The van der Waals surface area contributed by atoms with Crippen LogP contribution in [-0.2, 0) is 24.2 Å². The second-order valence-corrected chi connectivity index (χ2v) is 7.80. The third-order valence-electron chi connectivity index (χ3n) is 5.59. The van der Waals surface area contributed by atoms with Gasteiger partial charge in [-0.1, -0.05) is 32.0 Å². The van der Waals surface area contributed by atoms with E-state index in [0.717, 1.165) is 12.8 Å². The molecule has 0 aromatic heterocycles. The van der Waals surface area contributed by atoms with Crippen LogP contribution in [0.2, 0.25) is 0 Å². The normalized spacial score (nSPS) is 23.0. The van der Waals surface area contributed by atoms with Crippen LogP contribution < -0.4 is 5.73 Å². The van der Waals surface area contributed by atoms with Crippen molar-refractivity contribution in [1.82, 2.24) is 0 Å². The largest absolute Gasteiger partial charge is 0.369 e. The molecule has 0 aliphatic heterocycles. The molecule has 0 bridgehead atoms. The summed E-state index contributed by atoms with van der Waals surface area (Å²) >= 11 is 0. The van der Waals surface area contributed by atoms with Gasteiger partial charge in [-0.15, -0.1) is 0 Å². The lowest BCUT2D eigenvalue weighted by atomic mass is 9.71. The average Bonchev–Trinajstić information content (AvgIpc) is 2.94. The Bertz CT molecular complexity index is 496. The molecule has 21 heavy (non-hydrogen) atoms. The van der Waals surface area contributed by atoms with Crippen LogP contribution in [-0.4, -0.2) is 12.1 Å². The molecular weight excluding hydrogens is 258 g/mol. The van der Waals surface area contributed by atoms with Crippen molar-refractivity contribution in [3.05, 3.63) is 34.9 Å². The van der Waals surface area contributed by atoms with Gasteiger partial charge in [-0.25, -0.2) is 0 Å². The lowest BCUT2D eigenvalue weighted by Crippen LogP contribution is -2.45. The van der Waals surface area contributed by atoms with Gasteiger partial charge in [-0.2, -0.15) is 0 Å². The lowest BCUT2D eigenvalue weighted by Gasteiger charge is -2.42. The Morgan fingerprint density at radius 1 is 1.05 bits per heavy atom. The molecule has 0 spiro atoms. The predicted octanol–water partition coefficient (Wildman–Crippen LogP) is 3.99. The van der Waals surface area contributed by atoms with Crippen LogP contribution in [0.15, 0.2) is 18.2 Å². The zero-order chi connectivity index (χ0) is 14.9. The summed E-state index contributed by atoms with van der Waals surface area (Å²) in [4.78, 5) is 0. The van der Waals surface area contributed by atoms with Crippen LogP contribution in [0, 0.1) is 5.41 Å². The van der Waals surface area contributed by atoms with Crippen molar-refractivity contribution in [3.63, 3.8) is 0 Å². The quantitative estimate of drug-likeness (QED) is 0.908. The predicted molar refractivity (Wildman–Crippen MR) is 87.3 cm³/mol. The van der Waals surface area contributed by atoms with Gasteiger partial charge in [-0.3, -0.25) is 0 Å². The second-order valence-electron chi connectivity index (χ2n) is 7.80. The maximum atomic E-state index is 6.33. The highest BCUT2D eigenvalue weighted by Gasteiger charge is 2.38. The fourth-order valence-corrected chi connectivity index (χ4v) is 3.74. The fourth-order valence-electron chi connectivity index (χ4n) is 3.74. The Morgan fingerprint density at radius 2 is 1.76 bits per heavy atom. The van der Waals surface area contributed by atoms with E-state index < -0.39 is 0 Å². The first kappa shape index (κ1) is 15.1. The third-order valence-corrected chi connectivity index (χ3v) is 5.59. The number of rotatable bonds is 4. The Balaban J connectivity index is 1.63.